The molecule has 1 aromatic heterocycles. The van der Waals surface area contributed by atoms with Crippen molar-refractivity contribution in [3.8, 4) is 0 Å². The van der Waals surface area contributed by atoms with Crippen molar-refractivity contribution in [1.82, 2.24) is 14.9 Å². The van der Waals surface area contributed by atoms with Crippen LogP contribution >= 0.6 is 15.9 Å². The van der Waals surface area contributed by atoms with Crippen LogP contribution in [-0.2, 0) is 0 Å². The zero-order valence-electron chi connectivity index (χ0n) is 17.5. The third-order valence-electron chi connectivity index (χ3n) is 5.86. The van der Waals surface area contributed by atoms with Gasteiger partial charge in [-0.1, -0.05) is 40.2 Å². The molecule has 0 atom stereocenters. The van der Waals surface area contributed by atoms with Gasteiger partial charge in [-0.3, -0.25) is 0 Å². The van der Waals surface area contributed by atoms with Gasteiger partial charge >= 0.3 is 6.09 Å². The lowest BCUT2D eigenvalue weighted by Crippen LogP contribution is -2.52. The monoisotopic (exact) mass is 470 g/mol. The first kappa shape index (κ1) is 20.8. The molecule has 0 bridgehead atoms. The molecule has 1 aliphatic carbocycles. The molecular weight excluding hydrogens is 444 g/mol. The molecule has 158 valence electrons. The zero-order valence-corrected chi connectivity index (χ0v) is 19.1. The number of hydrogen-bond donors (Lipinski definition) is 2. The van der Waals surface area contributed by atoms with Crippen molar-refractivity contribution in [2.24, 2.45) is 0 Å². The van der Waals surface area contributed by atoms with E-state index in [1.807, 2.05) is 39.1 Å². The van der Waals surface area contributed by atoms with E-state index in [2.05, 4.69) is 44.4 Å². The van der Waals surface area contributed by atoms with Crippen molar-refractivity contribution in [1.29, 1.82) is 0 Å². The molecule has 2 aromatic carbocycles. The molecule has 1 heterocycles. The second kappa shape index (κ2) is 8.02. The number of aromatic nitrogens is 2. The maximum Gasteiger partial charge on any atom is 0.407 e. The van der Waals surface area contributed by atoms with Crippen LogP contribution in [0.4, 0.5) is 10.7 Å². The van der Waals surface area contributed by atoms with Gasteiger partial charge in [-0.25, -0.2) is 14.8 Å². The van der Waals surface area contributed by atoms with E-state index in [1.165, 1.54) is 0 Å². The lowest BCUT2D eigenvalue weighted by molar-refractivity contribution is 0.0556. The highest BCUT2D eigenvalue weighted by Crippen LogP contribution is 2.32. The van der Waals surface area contributed by atoms with Crippen LogP contribution in [0, 0.1) is 0 Å². The van der Waals surface area contributed by atoms with E-state index in [9.17, 15) is 9.90 Å². The number of fused-ring (bicyclic) bond motifs is 3. The lowest BCUT2D eigenvalue weighted by Gasteiger charge is -2.42. The molecule has 1 amide bonds. The Hall–Kier alpha value is -2.41. The van der Waals surface area contributed by atoms with Gasteiger partial charge in [0.15, 0.2) is 0 Å². The molecule has 1 saturated carbocycles. The van der Waals surface area contributed by atoms with E-state index in [0.29, 0.717) is 5.95 Å². The van der Waals surface area contributed by atoms with E-state index in [4.69, 9.17) is 4.98 Å². The van der Waals surface area contributed by atoms with Crippen LogP contribution in [0.1, 0.15) is 46.5 Å². The summed E-state index contributed by atoms with van der Waals surface area (Å²) < 4.78 is 1.04. The van der Waals surface area contributed by atoms with Crippen molar-refractivity contribution in [3.05, 3.63) is 41.0 Å². The van der Waals surface area contributed by atoms with E-state index in [1.54, 1.807) is 4.90 Å². The molecule has 0 aliphatic heterocycles. The van der Waals surface area contributed by atoms with Gasteiger partial charge in [0, 0.05) is 39.1 Å². The SMILES string of the molecule is CC(C)(C)N(C(=O)O)[C@H]1CC[C@H](Nc2ncc3cc(Br)c4ccccc4c3n2)CC1. The number of hydrogen-bond acceptors (Lipinski definition) is 4. The molecule has 0 radical (unpaired) electrons. The van der Waals surface area contributed by atoms with Gasteiger partial charge in [0.2, 0.25) is 5.95 Å². The van der Waals surface area contributed by atoms with Gasteiger partial charge < -0.3 is 15.3 Å². The van der Waals surface area contributed by atoms with E-state index in [-0.39, 0.29) is 12.1 Å². The summed E-state index contributed by atoms with van der Waals surface area (Å²) in [6.07, 6.45) is 4.49. The summed E-state index contributed by atoms with van der Waals surface area (Å²) in [5.41, 5.74) is 0.540. The number of nitrogens with zero attached hydrogens (tertiary/aromatic N) is 3. The minimum Gasteiger partial charge on any atom is -0.465 e. The van der Waals surface area contributed by atoms with Crippen LogP contribution in [0.2, 0.25) is 0 Å². The fourth-order valence-corrected chi connectivity index (χ4v) is 5.14. The number of amides is 1. The molecular formula is C23H27BrN4O2. The lowest BCUT2D eigenvalue weighted by atomic mass is 9.88. The largest absolute Gasteiger partial charge is 0.465 e. The Labute approximate surface area is 184 Å². The van der Waals surface area contributed by atoms with Gasteiger partial charge in [0.1, 0.15) is 0 Å². The molecule has 4 rings (SSSR count). The molecule has 1 fully saturated rings. The predicted octanol–water partition coefficient (Wildman–Crippen LogP) is 6.05. The van der Waals surface area contributed by atoms with Crippen LogP contribution in [0.5, 0.6) is 0 Å². The van der Waals surface area contributed by atoms with Gasteiger partial charge in [0.25, 0.3) is 0 Å². The smallest absolute Gasteiger partial charge is 0.407 e. The Morgan fingerprint density at radius 3 is 2.47 bits per heavy atom. The maximum atomic E-state index is 11.8. The summed E-state index contributed by atoms with van der Waals surface area (Å²) in [6, 6.07) is 10.6. The number of benzene rings is 2. The quantitative estimate of drug-likeness (QED) is 0.455. The molecule has 0 spiro atoms. The topological polar surface area (TPSA) is 78.4 Å². The Kier molecular flexibility index (Phi) is 5.57. The summed E-state index contributed by atoms with van der Waals surface area (Å²) in [6.45, 7) is 5.87. The Morgan fingerprint density at radius 2 is 1.83 bits per heavy atom. The first-order valence-electron chi connectivity index (χ1n) is 10.4. The first-order chi connectivity index (χ1) is 14.2. The molecule has 6 nitrogen and oxygen atoms in total. The summed E-state index contributed by atoms with van der Waals surface area (Å²) in [5.74, 6) is 0.629. The average Bonchev–Trinajstić information content (AvgIpc) is 2.69. The second-order valence-electron chi connectivity index (χ2n) is 9.01. The van der Waals surface area contributed by atoms with Crippen LogP contribution in [0.15, 0.2) is 41.0 Å². The Balaban J connectivity index is 1.51. The fraction of sp³-hybridized carbons (Fsp3) is 0.435. The highest BCUT2D eigenvalue weighted by atomic mass is 79.9. The first-order valence-corrected chi connectivity index (χ1v) is 11.2. The number of rotatable bonds is 3. The molecule has 3 aromatic rings. The number of nitrogens with one attached hydrogen (secondary N) is 1. The zero-order chi connectivity index (χ0) is 21.5. The molecule has 1 aliphatic rings. The summed E-state index contributed by atoms with van der Waals surface area (Å²) >= 11 is 3.64. The van der Waals surface area contributed by atoms with Crippen molar-refractivity contribution in [3.63, 3.8) is 0 Å². The predicted molar refractivity (Wildman–Crippen MR) is 124 cm³/mol. The van der Waals surface area contributed by atoms with Crippen LogP contribution in [0.25, 0.3) is 21.7 Å². The molecule has 7 heteroatoms. The van der Waals surface area contributed by atoms with Crippen molar-refractivity contribution >= 4 is 49.6 Å². The van der Waals surface area contributed by atoms with E-state index in [0.717, 1.165) is 51.8 Å². The average molecular weight is 471 g/mol. The van der Waals surface area contributed by atoms with Gasteiger partial charge in [0.05, 0.1) is 5.52 Å². The molecule has 0 unspecified atom stereocenters. The number of anilines is 1. The molecule has 30 heavy (non-hydrogen) atoms. The highest BCUT2D eigenvalue weighted by Gasteiger charge is 2.35. The Bertz CT molecular complexity index is 1090. The molecule has 0 saturated heterocycles. The standard InChI is InChI=1S/C23H27BrN4O2/c1-23(2,3)28(22(29)30)16-10-8-15(9-11-16)26-21-25-13-14-12-19(24)17-6-4-5-7-18(17)20(14)27-21/h4-7,12-13,15-16H,8-11H2,1-3H3,(H,29,30)(H,25,26,27)/t15-,16-. The fourth-order valence-electron chi connectivity index (χ4n) is 4.55. The van der Waals surface area contributed by atoms with Crippen molar-refractivity contribution < 1.29 is 9.90 Å². The van der Waals surface area contributed by atoms with Crippen LogP contribution < -0.4 is 5.32 Å². The number of carboxylic acid groups (broad SMARTS) is 1. The van der Waals surface area contributed by atoms with Crippen molar-refractivity contribution in [2.45, 2.75) is 64.1 Å². The van der Waals surface area contributed by atoms with E-state index >= 15 is 0 Å². The van der Waals surface area contributed by atoms with Crippen LogP contribution in [0.3, 0.4) is 0 Å². The minimum absolute atomic E-state index is 0.0550. The molecule has 2 N–H and O–H groups in total. The van der Waals surface area contributed by atoms with Gasteiger partial charge in [-0.2, -0.15) is 0 Å². The third kappa shape index (κ3) is 4.08. The third-order valence-corrected chi connectivity index (χ3v) is 6.52. The minimum atomic E-state index is -0.838. The number of halogens is 1. The summed E-state index contributed by atoms with van der Waals surface area (Å²) in [7, 11) is 0. The number of carbonyl (C=O) groups is 1. The Morgan fingerprint density at radius 1 is 1.17 bits per heavy atom. The summed E-state index contributed by atoms with van der Waals surface area (Å²) in [4.78, 5) is 22.7. The highest BCUT2D eigenvalue weighted by molar-refractivity contribution is 9.10. The van der Waals surface area contributed by atoms with Crippen molar-refractivity contribution in [2.75, 3.05) is 5.32 Å². The van der Waals surface area contributed by atoms with E-state index < -0.39 is 11.6 Å². The van der Waals surface area contributed by atoms with Gasteiger partial charge in [-0.05, 0) is 57.9 Å². The maximum absolute atomic E-state index is 11.8. The van der Waals surface area contributed by atoms with Crippen LogP contribution in [-0.4, -0.2) is 43.7 Å². The summed E-state index contributed by atoms with van der Waals surface area (Å²) in [5, 5.41) is 16.4. The normalized spacial score (nSPS) is 19.7. The second-order valence-corrected chi connectivity index (χ2v) is 9.86. The van der Waals surface area contributed by atoms with Gasteiger partial charge in [-0.15, -0.1) is 0 Å².